The number of carbonyl (C=O) groups is 2. The van der Waals surface area contributed by atoms with Gasteiger partial charge in [0.1, 0.15) is 6.10 Å². The fourth-order valence-electron chi connectivity index (χ4n) is 10.1. The molecular formula is C36H61N3O3. The fraction of sp³-hybridized carbons (Fsp3) is 0.889. The van der Waals surface area contributed by atoms with Gasteiger partial charge >= 0.3 is 5.97 Å². The summed E-state index contributed by atoms with van der Waals surface area (Å²) in [7, 11) is 0. The summed E-state index contributed by atoms with van der Waals surface area (Å²) in [5.74, 6) is 4.13. The summed E-state index contributed by atoms with van der Waals surface area (Å²) in [6, 6.07) is 0. The van der Waals surface area contributed by atoms with Crippen molar-refractivity contribution in [3.05, 3.63) is 11.6 Å². The van der Waals surface area contributed by atoms with E-state index >= 15 is 0 Å². The highest BCUT2D eigenvalue weighted by Gasteiger charge is 2.58. The maximum absolute atomic E-state index is 12.8. The first-order chi connectivity index (χ1) is 20.2. The van der Waals surface area contributed by atoms with E-state index in [1.165, 1.54) is 57.8 Å². The minimum atomic E-state index is -0.203. The summed E-state index contributed by atoms with van der Waals surface area (Å²) in [6.07, 6.45) is 18.5. The Kier molecular flexibility index (Phi) is 10.8. The second kappa shape index (κ2) is 14.1. The highest BCUT2D eigenvalue weighted by Crippen LogP contribution is 2.66. The van der Waals surface area contributed by atoms with Crippen molar-refractivity contribution in [2.24, 2.45) is 40.4 Å². The van der Waals surface area contributed by atoms with Crippen molar-refractivity contribution in [1.82, 2.24) is 15.5 Å². The Morgan fingerprint density at radius 3 is 2.45 bits per heavy atom. The number of esters is 1. The summed E-state index contributed by atoms with van der Waals surface area (Å²) in [4.78, 5) is 27.5. The van der Waals surface area contributed by atoms with Gasteiger partial charge in [0, 0.05) is 52.1 Å². The van der Waals surface area contributed by atoms with Crippen LogP contribution < -0.4 is 10.6 Å². The number of hydrogen-bond donors (Lipinski definition) is 2. The Bertz CT molecular complexity index is 955. The van der Waals surface area contributed by atoms with Crippen LogP contribution in [0.15, 0.2) is 11.6 Å². The summed E-state index contributed by atoms with van der Waals surface area (Å²) >= 11 is 0. The fourth-order valence-corrected chi connectivity index (χ4v) is 10.1. The van der Waals surface area contributed by atoms with Crippen molar-refractivity contribution in [1.29, 1.82) is 0 Å². The number of ether oxygens (including phenoxy) is 1. The van der Waals surface area contributed by atoms with E-state index < -0.39 is 0 Å². The Labute approximate surface area is 256 Å². The van der Waals surface area contributed by atoms with Gasteiger partial charge in [0.15, 0.2) is 0 Å². The van der Waals surface area contributed by atoms with Crippen LogP contribution >= 0.6 is 0 Å². The molecule has 6 heteroatoms. The minimum absolute atomic E-state index is 0.0300. The molecule has 0 aromatic heterocycles. The zero-order valence-electron chi connectivity index (χ0n) is 27.4. The zero-order chi connectivity index (χ0) is 29.7. The van der Waals surface area contributed by atoms with Crippen LogP contribution in [0.4, 0.5) is 0 Å². The first-order valence-corrected chi connectivity index (χ1v) is 17.8. The second-order valence-corrected chi connectivity index (χ2v) is 15.5. The quantitative estimate of drug-likeness (QED) is 0.184. The van der Waals surface area contributed by atoms with Crippen molar-refractivity contribution in [3.8, 4) is 0 Å². The molecule has 1 amide bonds. The van der Waals surface area contributed by atoms with E-state index in [-0.39, 0.29) is 36.2 Å². The van der Waals surface area contributed by atoms with Gasteiger partial charge in [0.2, 0.25) is 5.91 Å². The van der Waals surface area contributed by atoms with Crippen LogP contribution in [-0.2, 0) is 14.3 Å². The lowest BCUT2D eigenvalue weighted by atomic mass is 9.47. The Balaban J connectivity index is 1.11. The third kappa shape index (κ3) is 7.11. The topological polar surface area (TPSA) is 70.7 Å². The number of fused-ring (bicyclic) bond motifs is 5. The van der Waals surface area contributed by atoms with Crippen LogP contribution in [0.25, 0.3) is 0 Å². The van der Waals surface area contributed by atoms with Crippen LogP contribution in [0, 0.1) is 40.4 Å². The van der Waals surface area contributed by atoms with Gasteiger partial charge in [-0.2, -0.15) is 0 Å². The van der Waals surface area contributed by atoms with Crippen molar-refractivity contribution in [2.75, 3.05) is 39.3 Å². The second-order valence-electron chi connectivity index (χ2n) is 15.5. The molecule has 3 saturated carbocycles. The van der Waals surface area contributed by atoms with Gasteiger partial charge in [-0.1, -0.05) is 58.6 Å². The molecule has 0 spiro atoms. The first-order valence-electron chi connectivity index (χ1n) is 17.8. The van der Waals surface area contributed by atoms with E-state index in [9.17, 15) is 9.59 Å². The summed E-state index contributed by atoms with van der Waals surface area (Å²) in [5.41, 5.74) is 2.38. The normalized spacial score (nSPS) is 37.0. The molecule has 5 aliphatic rings. The minimum Gasteiger partial charge on any atom is -0.462 e. The van der Waals surface area contributed by atoms with E-state index in [0.717, 1.165) is 75.0 Å². The van der Waals surface area contributed by atoms with Gasteiger partial charge in [-0.05, 0) is 91.8 Å². The van der Waals surface area contributed by atoms with Gasteiger partial charge in [-0.25, -0.2) is 0 Å². The number of nitrogens with zero attached hydrogens (tertiary/aromatic N) is 1. The summed E-state index contributed by atoms with van der Waals surface area (Å²) in [5, 5.41) is 6.70. The Morgan fingerprint density at radius 1 is 0.952 bits per heavy atom. The molecule has 238 valence electrons. The largest absolute Gasteiger partial charge is 0.462 e. The number of unbranched alkanes of at least 4 members (excludes halogenated alkanes) is 1. The van der Waals surface area contributed by atoms with Crippen LogP contribution in [0.5, 0.6) is 0 Å². The van der Waals surface area contributed by atoms with Crippen molar-refractivity contribution in [2.45, 2.75) is 124 Å². The molecule has 42 heavy (non-hydrogen) atoms. The predicted molar refractivity (Wildman–Crippen MR) is 170 cm³/mol. The van der Waals surface area contributed by atoms with E-state index in [1.54, 1.807) is 5.57 Å². The highest BCUT2D eigenvalue weighted by atomic mass is 16.5. The molecule has 0 radical (unpaired) electrons. The van der Waals surface area contributed by atoms with Crippen LogP contribution in [0.3, 0.4) is 0 Å². The molecule has 1 heterocycles. The average molecular weight is 584 g/mol. The summed E-state index contributed by atoms with van der Waals surface area (Å²) in [6.45, 7) is 14.8. The lowest BCUT2D eigenvalue weighted by molar-refractivity contribution is -0.153. The lowest BCUT2D eigenvalue weighted by Crippen LogP contribution is -2.50. The van der Waals surface area contributed by atoms with Gasteiger partial charge in [0.25, 0.3) is 0 Å². The lowest BCUT2D eigenvalue weighted by Gasteiger charge is -2.58. The molecule has 1 saturated heterocycles. The predicted octanol–water partition coefficient (Wildman–Crippen LogP) is 6.50. The molecular weight excluding hydrogens is 522 g/mol. The monoisotopic (exact) mass is 583 g/mol. The maximum atomic E-state index is 12.8. The van der Waals surface area contributed by atoms with Gasteiger partial charge in [-0.15, -0.1) is 0 Å². The molecule has 6 nitrogen and oxygen atoms in total. The molecule has 1 aliphatic heterocycles. The number of hydrogen-bond acceptors (Lipinski definition) is 5. The third-order valence-corrected chi connectivity index (χ3v) is 12.6. The number of nitrogens with one attached hydrogen (secondary N) is 2. The molecule has 4 fully saturated rings. The van der Waals surface area contributed by atoms with Crippen LogP contribution in [0.1, 0.15) is 118 Å². The van der Waals surface area contributed by atoms with Crippen LogP contribution in [-0.4, -0.2) is 62.1 Å². The van der Waals surface area contributed by atoms with E-state index in [2.05, 4.69) is 44.4 Å². The number of amides is 1. The molecule has 0 aromatic rings. The number of rotatable bonds is 9. The van der Waals surface area contributed by atoms with Gasteiger partial charge in [0.05, 0.1) is 6.42 Å². The van der Waals surface area contributed by atoms with Crippen LogP contribution in [0.2, 0.25) is 0 Å². The SMILES string of the molecule is CC(C)CCCCC1CCC2C3CC=C4CC(OC(=O)CCC(=O)N5CCNCCNCC5)CCC4(C)C3CCC12C. The highest BCUT2D eigenvalue weighted by molar-refractivity contribution is 5.81. The van der Waals surface area contributed by atoms with Gasteiger partial charge < -0.3 is 20.3 Å². The van der Waals surface area contributed by atoms with Crippen molar-refractivity contribution in [3.63, 3.8) is 0 Å². The standard InChI is InChI=1S/C36H61N3O3/c1-26(2)7-5-6-8-27-10-12-31-30-11-9-28-25-29(15-17-36(28,4)32(30)16-18-35(27,31)3)42-34(41)14-13-33(40)39-23-21-37-19-20-38-22-24-39/h9,26-27,29-32,37-38H,5-8,10-25H2,1-4H3. The van der Waals surface area contributed by atoms with E-state index in [0.29, 0.717) is 18.5 Å². The molecule has 0 aromatic carbocycles. The Hall–Kier alpha value is -1.40. The van der Waals surface area contributed by atoms with Gasteiger partial charge in [-0.3, -0.25) is 9.59 Å². The van der Waals surface area contributed by atoms with Crippen molar-refractivity contribution >= 4 is 11.9 Å². The molecule has 0 bridgehead atoms. The average Bonchev–Trinajstić information content (AvgIpc) is 3.36. The number of allylic oxidation sites excluding steroid dienone is 1. The first kappa shape index (κ1) is 32.0. The molecule has 7 atom stereocenters. The third-order valence-electron chi connectivity index (χ3n) is 12.6. The smallest absolute Gasteiger partial charge is 0.306 e. The molecule has 7 unspecified atom stereocenters. The zero-order valence-corrected chi connectivity index (χ0v) is 27.4. The molecule has 5 rings (SSSR count). The van der Waals surface area contributed by atoms with E-state index in [4.69, 9.17) is 4.74 Å². The van der Waals surface area contributed by atoms with Crippen molar-refractivity contribution < 1.29 is 14.3 Å². The molecule has 2 N–H and O–H groups in total. The Morgan fingerprint density at radius 2 is 1.71 bits per heavy atom. The van der Waals surface area contributed by atoms with E-state index in [1.807, 2.05) is 4.90 Å². The maximum Gasteiger partial charge on any atom is 0.306 e. The number of carbonyl (C=O) groups excluding carboxylic acids is 2. The summed E-state index contributed by atoms with van der Waals surface area (Å²) < 4.78 is 6.01. The molecule has 4 aliphatic carbocycles.